The molecule has 0 bridgehead atoms. The van der Waals surface area contributed by atoms with Gasteiger partial charge in [-0.25, -0.2) is 0 Å². The third-order valence-electron chi connectivity index (χ3n) is 2.77. The molecular formula is C13H18Cl2O2. The van der Waals surface area contributed by atoms with Gasteiger partial charge in [-0.3, -0.25) is 0 Å². The van der Waals surface area contributed by atoms with Crippen molar-refractivity contribution in [2.24, 2.45) is 5.92 Å². The number of benzene rings is 1. The molecule has 0 fully saturated rings. The lowest BCUT2D eigenvalue weighted by molar-refractivity contribution is -0.0367. The minimum Gasteiger partial charge on any atom is -0.390 e. The molecule has 0 aliphatic rings. The molecule has 0 aliphatic carbocycles. The van der Waals surface area contributed by atoms with Gasteiger partial charge in [0.05, 0.1) is 22.3 Å². The van der Waals surface area contributed by atoms with Crippen LogP contribution in [-0.2, 0) is 11.2 Å². The quantitative estimate of drug-likeness (QED) is 0.891. The van der Waals surface area contributed by atoms with E-state index in [1.165, 1.54) is 0 Å². The predicted molar refractivity (Wildman–Crippen MR) is 71.8 cm³/mol. The second-order valence-electron chi connectivity index (χ2n) is 4.43. The molecule has 1 aromatic rings. The Hall–Kier alpha value is -0.280. The third kappa shape index (κ3) is 3.85. The molecule has 17 heavy (non-hydrogen) atoms. The van der Waals surface area contributed by atoms with Gasteiger partial charge >= 0.3 is 0 Å². The summed E-state index contributed by atoms with van der Waals surface area (Å²) in [5.74, 6) is 0.243. The zero-order valence-corrected chi connectivity index (χ0v) is 11.8. The van der Waals surface area contributed by atoms with Gasteiger partial charge in [0.15, 0.2) is 0 Å². The van der Waals surface area contributed by atoms with E-state index in [9.17, 15) is 5.11 Å². The predicted octanol–water partition coefficient (Wildman–Crippen LogP) is 3.57. The zero-order valence-electron chi connectivity index (χ0n) is 10.3. The lowest BCUT2D eigenvalue weighted by atomic mass is 9.96. The van der Waals surface area contributed by atoms with Crippen molar-refractivity contribution in [3.8, 4) is 0 Å². The van der Waals surface area contributed by atoms with Crippen LogP contribution in [0.2, 0.25) is 10.0 Å². The van der Waals surface area contributed by atoms with Crippen LogP contribution in [0.15, 0.2) is 18.2 Å². The summed E-state index contributed by atoms with van der Waals surface area (Å²) in [6.45, 7) is 4.02. The molecule has 0 aliphatic heterocycles. The maximum absolute atomic E-state index is 10.1. The number of halogens is 2. The summed E-state index contributed by atoms with van der Waals surface area (Å²) >= 11 is 12.0. The van der Waals surface area contributed by atoms with E-state index in [0.29, 0.717) is 16.5 Å². The van der Waals surface area contributed by atoms with Crippen molar-refractivity contribution < 1.29 is 9.84 Å². The van der Waals surface area contributed by atoms with E-state index in [4.69, 9.17) is 27.9 Å². The van der Waals surface area contributed by atoms with E-state index < -0.39 is 6.10 Å². The van der Waals surface area contributed by atoms with Gasteiger partial charge in [-0.2, -0.15) is 0 Å². The fourth-order valence-electron chi connectivity index (χ4n) is 1.92. The van der Waals surface area contributed by atoms with E-state index >= 15 is 0 Å². The zero-order chi connectivity index (χ0) is 13.0. The van der Waals surface area contributed by atoms with Crippen LogP contribution in [0.5, 0.6) is 0 Å². The first-order valence-electron chi connectivity index (χ1n) is 5.61. The Morgan fingerprint density at radius 3 is 2.47 bits per heavy atom. The SMILES string of the molecule is COC(C(C)C)C(O)Cc1cccc(Cl)c1Cl. The molecule has 1 rings (SSSR count). The van der Waals surface area contributed by atoms with E-state index in [1.54, 1.807) is 13.2 Å². The lowest BCUT2D eigenvalue weighted by Gasteiger charge is -2.25. The minimum atomic E-state index is -0.587. The van der Waals surface area contributed by atoms with Gasteiger partial charge in [0, 0.05) is 13.5 Å². The molecule has 2 unspecified atom stereocenters. The van der Waals surface area contributed by atoms with Crippen LogP contribution < -0.4 is 0 Å². The number of aliphatic hydroxyl groups is 1. The number of ether oxygens (including phenoxy) is 1. The highest BCUT2D eigenvalue weighted by molar-refractivity contribution is 6.42. The highest BCUT2D eigenvalue weighted by Crippen LogP contribution is 2.27. The summed E-state index contributed by atoms with van der Waals surface area (Å²) < 4.78 is 5.29. The number of rotatable bonds is 5. The van der Waals surface area contributed by atoms with Gasteiger partial charge in [0.1, 0.15) is 0 Å². The summed E-state index contributed by atoms with van der Waals surface area (Å²) in [7, 11) is 1.60. The first kappa shape index (κ1) is 14.8. The van der Waals surface area contributed by atoms with Crippen molar-refractivity contribution in [1.82, 2.24) is 0 Å². The maximum Gasteiger partial charge on any atom is 0.0856 e. The Bertz CT molecular complexity index is 366. The highest BCUT2D eigenvalue weighted by Gasteiger charge is 2.23. The molecule has 0 spiro atoms. The highest BCUT2D eigenvalue weighted by atomic mass is 35.5. The van der Waals surface area contributed by atoms with Gasteiger partial charge in [0.2, 0.25) is 0 Å². The molecule has 0 radical (unpaired) electrons. The Morgan fingerprint density at radius 2 is 1.94 bits per heavy atom. The average molecular weight is 277 g/mol. The van der Waals surface area contributed by atoms with Gasteiger partial charge in [0.25, 0.3) is 0 Å². The standard InChI is InChI=1S/C13H18Cl2O2/c1-8(2)13(17-3)11(16)7-9-5-4-6-10(14)12(9)15/h4-6,8,11,13,16H,7H2,1-3H3. The monoisotopic (exact) mass is 276 g/mol. The summed E-state index contributed by atoms with van der Waals surface area (Å²) in [6.07, 6.45) is -0.350. The second kappa shape index (κ2) is 6.60. The summed E-state index contributed by atoms with van der Waals surface area (Å²) in [5, 5.41) is 11.1. The summed E-state index contributed by atoms with van der Waals surface area (Å²) in [6, 6.07) is 5.42. The van der Waals surface area contributed by atoms with Gasteiger partial charge in [-0.1, -0.05) is 49.2 Å². The normalized spacial score (nSPS) is 15.0. The van der Waals surface area contributed by atoms with Crippen LogP contribution in [0.1, 0.15) is 19.4 Å². The molecule has 1 aromatic carbocycles. The van der Waals surface area contributed by atoms with E-state index in [2.05, 4.69) is 0 Å². The van der Waals surface area contributed by atoms with Crippen LogP contribution >= 0.6 is 23.2 Å². The fraction of sp³-hybridized carbons (Fsp3) is 0.538. The number of hydrogen-bond donors (Lipinski definition) is 1. The van der Waals surface area contributed by atoms with Gasteiger partial charge in [-0.05, 0) is 17.5 Å². The molecule has 0 saturated carbocycles. The minimum absolute atomic E-state index is 0.204. The van der Waals surface area contributed by atoms with Crippen LogP contribution in [0.3, 0.4) is 0 Å². The van der Waals surface area contributed by atoms with Crippen LogP contribution in [-0.4, -0.2) is 24.4 Å². The fourth-order valence-corrected chi connectivity index (χ4v) is 2.32. The van der Waals surface area contributed by atoms with Crippen LogP contribution in [0.25, 0.3) is 0 Å². The van der Waals surface area contributed by atoms with Crippen LogP contribution in [0, 0.1) is 5.92 Å². The molecule has 2 nitrogen and oxygen atoms in total. The molecule has 1 N–H and O–H groups in total. The summed E-state index contributed by atoms with van der Waals surface area (Å²) in [4.78, 5) is 0. The smallest absolute Gasteiger partial charge is 0.0856 e. The second-order valence-corrected chi connectivity index (χ2v) is 5.21. The van der Waals surface area contributed by atoms with E-state index in [0.717, 1.165) is 5.56 Å². The largest absolute Gasteiger partial charge is 0.390 e. The molecule has 0 aromatic heterocycles. The first-order chi connectivity index (χ1) is 7.97. The Morgan fingerprint density at radius 1 is 1.29 bits per heavy atom. The van der Waals surface area contributed by atoms with Gasteiger partial charge in [-0.15, -0.1) is 0 Å². The lowest BCUT2D eigenvalue weighted by Crippen LogP contribution is -2.34. The topological polar surface area (TPSA) is 29.5 Å². The first-order valence-corrected chi connectivity index (χ1v) is 6.36. The van der Waals surface area contributed by atoms with Crippen molar-refractivity contribution in [2.45, 2.75) is 32.5 Å². The molecule has 2 atom stereocenters. The van der Waals surface area contributed by atoms with Crippen molar-refractivity contribution in [3.05, 3.63) is 33.8 Å². The van der Waals surface area contributed by atoms with Gasteiger partial charge < -0.3 is 9.84 Å². The average Bonchev–Trinajstić information content (AvgIpc) is 2.25. The third-order valence-corrected chi connectivity index (χ3v) is 3.63. The molecular weight excluding hydrogens is 259 g/mol. The number of methoxy groups -OCH3 is 1. The molecule has 4 heteroatoms. The Kier molecular flexibility index (Phi) is 5.74. The molecule has 0 heterocycles. The van der Waals surface area contributed by atoms with Crippen molar-refractivity contribution in [1.29, 1.82) is 0 Å². The van der Waals surface area contributed by atoms with Crippen molar-refractivity contribution >= 4 is 23.2 Å². The molecule has 0 amide bonds. The van der Waals surface area contributed by atoms with Crippen molar-refractivity contribution in [3.63, 3.8) is 0 Å². The Balaban J connectivity index is 2.80. The van der Waals surface area contributed by atoms with Crippen molar-refractivity contribution in [2.75, 3.05) is 7.11 Å². The van der Waals surface area contributed by atoms with Crippen LogP contribution in [0.4, 0.5) is 0 Å². The summed E-state index contributed by atoms with van der Waals surface area (Å²) in [5.41, 5.74) is 0.842. The molecule has 96 valence electrons. The Labute approximate surface area is 113 Å². The number of hydrogen-bond acceptors (Lipinski definition) is 2. The van der Waals surface area contributed by atoms with E-state index in [-0.39, 0.29) is 12.0 Å². The van der Waals surface area contributed by atoms with E-state index in [1.807, 2.05) is 26.0 Å². The maximum atomic E-state index is 10.1. The number of aliphatic hydroxyl groups excluding tert-OH is 1. The molecule has 0 saturated heterocycles.